The van der Waals surface area contributed by atoms with Gasteiger partial charge in [0, 0.05) is 33.4 Å². The van der Waals surface area contributed by atoms with E-state index in [9.17, 15) is 0 Å². The first-order chi connectivity index (χ1) is 54.5. The second kappa shape index (κ2) is 28.0. The molecule has 512 valence electrons. The average Bonchev–Trinajstić information content (AvgIpc) is 0.741. The Hall–Kier alpha value is -14.7. The van der Waals surface area contributed by atoms with Gasteiger partial charge in [-0.3, -0.25) is 0 Å². The standard InChI is InChI=1S/C55H35N3.C49H31N3/c1-3-15-39(16-4-1)53-56-54(40-17-5-2-6-18-40)58-55(57-53)43-20-13-19-42(34-43)45-32-30-37-14-7-8-21-44(37)52(45)38-28-26-36(27-29-38)41-31-33-50-48-24-10-9-22-46(48)47-23-11-12-25-49(47)51(50)35-41;1-3-15-33(16-4-1)47-50-48(34-17-5-2-6-18-34)52-49(51-47)37-20-13-19-36(30-37)46-38-21-8-7-14-32(38)26-28-39(46)35-27-29-44-42-24-10-9-22-40(42)41-23-11-12-25-43(41)45(44)31-35/h1-35H;1-31H. The third kappa shape index (κ3) is 12.0. The first kappa shape index (κ1) is 64.8. The summed E-state index contributed by atoms with van der Waals surface area (Å²) in [6.45, 7) is 0. The predicted molar refractivity (Wildman–Crippen MR) is 459 cm³/mol. The molecule has 0 radical (unpaired) electrons. The molecule has 2 aromatic heterocycles. The fraction of sp³-hybridized carbons (Fsp3) is 0. The summed E-state index contributed by atoms with van der Waals surface area (Å²) in [4.78, 5) is 30.0. The Balaban J connectivity index is 0.000000145. The Bertz CT molecular complexity index is 6940. The number of hydrogen-bond acceptors (Lipinski definition) is 6. The summed E-state index contributed by atoms with van der Waals surface area (Å²) in [7, 11) is 0. The molecule has 0 aliphatic carbocycles. The smallest absolute Gasteiger partial charge is 0.164 e. The van der Waals surface area contributed by atoms with Gasteiger partial charge in [-0.2, -0.15) is 0 Å². The second-order valence-corrected chi connectivity index (χ2v) is 27.9. The molecule has 0 atom stereocenters. The molecule has 6 heteroatoms. The van der Waals surface area contributed by atoms with Crippen LogP contribution in [0.25, 0.3) is 210 Å². The van der Waals surface area contributed by atoms with Crippen LogP contribution in [-0.2, 0) is 0 Å². The van der Waals surface area contributed by atoms with E-state index in [2.05, 4.69) is 279 Å². The molecule has 0 fully saturated rings. The lowest BCUT2D eigenvalue weighted by atomic mass is 9.87. The van der Waals surface area contributed by atoms with Crippen LogP contribution in [0.4, 0.5) is 0 Å². The van der Waals surface area contributed by atoms with Gasteiger partial charge in [0.15, 0.2) is 34.9 Å². The molecule has 0 bridgehead atoms. The summed E-state index contributed by atoms with van der Waals surface area (Å²) in [6, 6.07) is 142. The van der Waals surface area contributed by atoms with Crippen molar-refractivity contribution >= 4 is 86.2 Å². The molecule has 19 aromatic carbocycles. The molecule has 0 aliphatic heterocycles. The number of benzene rings is 19. The summed E-state index contributed by atoms with van der Waals surface area (Å²) >= 11 is 0. The van der Waals surface area contributed by atoms with E-state index in [-0.39, 0.29) is 0 Å². The summed E-state index contributed by atoms with van der Waals surface area (Å²) in [5.41, 5.74) is 17.3. The number of rotatable bonds is 11. The topological polar surface area (TPSA) is 77.3 Å². The van der Waals surface area contributed by atoms with Crippen LogP contribution in [0.1, 0.15) is 0 Å². The maximum Gasteiger partial charge on any atom is 0.164 e. The first-order valence-corrected chi connectivity index (χ1v) is 37.3. The van der Waals surface area contributed by atoms with Gasteiger partial charge in [0.25, 0.3) is 0 Å². The highest BCUT2D eigenvalue weighted by Gasteiger charge is 2.21. The van der Waals surface area contributed by atoms with Crippen LogP contribution in [0.2, 0.25) is 0 Å². The van der Waals surface area contributed by atoms with Gasteiger partial charge in [0.05, 0.1) is 0 Å². The molecule has 21 aromatic rings. The SMILES string of the molecule is c1ccc(-c2nc(-c3ccccc3)nc(-c3cccc(-c4c(-c5ccc6c7ccccc7c7ccccc7c6c5)ccc5ccccc45)c3)n2)cc1.c1ccc(-c2nc(-c3ccccc3)nc(-c3cccc(-c4ccc5ccccc5c4-c4ccc(-c5ccc6c7ccccc7c7ccccc7c6c5)cc4)c3)n2)cc1. The average molecular weight is 1400 g/mol. The van der Waals surface area contributed by atoms with E-state index >= 15 is 0 Å². The Morgan fingerprint density at radius 1 is 0.118 bits per heavy atom. The van der Waals surface area contributed by atoms with Crippen molar-refractivity contribution in [2.24, 2.45) is 0 Å². The monoisotopic (exact) mass is 1400 g/mol. The molecule has 0 saturated carbocycles. The van der Waals surface area contributed by atoms with Gasteiger partial charge in [0.1, 0.15) is 0 Å². The van der Waals surface area contributed by atoms with Crippen LogP contribution < -0.4 is 0 Å². The van der Waals surface area contributed by atoms with E-state index in [4.69, 9.17) is 29.9 Å². The Kier molecular flexibility index (Phi) is 16.5. The zero-order chi connectivity index (χ0) is 72.9. The van der Waals surface area contributed by atoms with Gasteiger partial charge in [-0.25, -0.2) is 29.9 Å². The second-order valence-electron chi connectivity index (χ2n) is 27.9. The summed E-state index contributed by atoms with van der Waals surface area (Å²) in [5, 5.41) is 20.1. The fourth-order valence-electron chi connectivity index (χ4n) is 16.2. The van der Waals surface area contributed by atoms with Crippen LogP contribution in [0.15, 0.2) is 400 Å². The molecule has 21 rings (SSSR count). The van der Waals surface area contributed by atoms with Gasteiger partial charge in [-0.15, -0.1) is 0 Å². The minimum Gasteiger partial charge on any atom is -0.208 e. The number of hydrogen-bond donors (Lipinski definition) is 0. The van der Waals surface area contributed by atoms with Crippen molar-refractivity contribution in [3.05, 3.63) is 400 Å². The molecule has 2 heterocycles. The Morgan fingerprint density at radius 3 is 0.755 bits per heavy atom. The number of fused-ring (bicyclic) bond motifs is 14. The number of nitrogens with zero attached hydrogens (tertiary/aromatic N) is 6. The van der Waals surface area contributed by atoms with Crippen LogP contribution >= 0.6 is 0 Å². The first-order valence-electron chi connectivity index (χ1n) is 37.3. The van der Waals surface area contributed by atoms with Crippen molar-refractivity contribution < 1.29 is 0 Å². The summed E-state index contributed by atoms with van der Waals surface area (Å²) in [6.07, 6.45) is 0. The van der Waals surface area contributed by atoms with E-state index in [1.807, 2.05) is 121 Å². The lowest BCUT2D eigenvalue weighted by Crippen LogP contribution is -2.00. The molecule has 0 N–H and O–H groups in total. The van der Waals surface area contributed by atoms with Crippen molar-refractivity contribution in [3.8, 4) is 124 Å². The Morgan fingerprint density at radius 2 is 0.364 bits per heavy atom. The quantitative estimate of drug-likeness (QED) is 0.120. The molecular formula is C104H66N6. The summed E-state index contributed by atoms with van der Waals surface area (Å²) < 4.78 is 0. The van der Waals surface area contributed by atoms with Crippen molar-refractivity contribution in [1.82, 2.24) is 29.9 Å². The largest absolute Gasteiger partial charge is 0.208 e. The van der Waals surface area contributed by atoms with Gasteiger partial charge >= 0.3 is 0 Å². The van der Waals surface area contributed by atoms with Gasteiger partial charge in [-0.05, 0) is 166 Å². The highest BCUT2D eigenvalue weighted by molar-refractivity contribution is 6.27. The van der Waals surface area contributed by atoms with Crippen LogP contribution in [-0.4, -0.2) is 29.9 Å². The van der Waals surface area contributed by atoms with Crippen molar-refractivity contribution in [3.63, 3.8) is 0 Å². The zero-order valence-electron chi connectivity index (χ0n) is 59.8. The van der Waals surface area contributed by atoms with Gasteiger partial charge in [0.2, 0.25) is 0 Å². The van der Waals surface area contributed by atoms with Crippen LogP contribution in [0.3, 0.4) is 0 Å². The van der Waals surface area contributed by atoms with Gasteiger partial charge < -0.3 is 0 Å². The fourth-order valence-corrected chi connectivity index (χ4v) is 16.2. The molecule has 0 aliphatic rings. The minimum atomic E-state index is 0.636. The normalized spacial score (nSPS) is 11.5. The maximum atomic E-state index is 5.04. The molecule has 0 amide bonds. The van der Waals surface area contributed by atoms with E-state index in [0.29, 0.717) is 34.9 Å². The third-order valence-corrected chi connectivity index (χ3v) is 21.4. The highest BCUT2D eigenvalue weighted by Crippen LogP contribution is 2.46. The van der Waals surface area contributed by atoms with Crippen LogP contribution in [0.5, 0.6) is 0 Å². The molecule has 110 heavy (non-hydrogen) atoms. The van der Waals surface area contributed by atoms with E-state index in [1.165, 1.54) is 120 Å². The Labute approximate surface area is 636 Å². The van der Waals surface area contributed by atoms with Crippen molar-refractivity contribution in [2.45, 2.75) is 0 Å². The molecular weight excluding hydrogens is 1330 g/mol. The molecule has 0 spiro atoms. The maximum absolute atomic E-state index is 5.04. The lowest BCUT2D eigenvalue weighted by molar-refractivity contribution is 1.07. The van der Waals surface area contributed by atoms with Crippen molar-refractivity contribution in [2.75, 3.05) is 0 Å². The zero-order valence-corrected chi connectivity index (χ0v) is 59.8. The number of aromatic nitrogens is 6. The van der Waals surface area contributed by atoms with Crippen molar-refractivity contribution in [1.29, 1.82) is 0 Å². The minimum absolute atomic E-state index is 0.636. The molecule has 0 unspecified atom stereocenters. The molecule has 0 saturated heterocycles. The molecule has 6 nitrogen and oxygen atoms in total. The third-order valence-electron chi connectivity index (χ3n) is 21.4. The van der Waals surface area contributed by atoms with E-state index in [1.54, 1.807) is 0 Å². The van der Waals surface area contributed by atoms with Gasteiger partial charge in [-0.1, -0.05) is 376 Å². The predicted octanol–water partition coefficient (Wildman–Crippen LogP) is 27.3. The van der Waals surface area contributed by atoms with Crippen LogP contribution in [0, 0.1) is 0 Å². The van der Waals surface area contributed by atoms with E-state index < -0.39 is 0 Å². The van der Waals surface area contributed by atoms with E-state index in [0.717, 1.165) is 55.6 Å². The highest BCUT2D eigenvalue weighted by atomic mass is 15.0. The summed E-state index contributed by atoms with van der Waals surface area (Å²) in [5.74, 6) is 3.87. The lowest BCUT2D eigenvalue weighted by Gasteiger charge is -2.17.